The number of rotatable bonds is 0. The smallest absolute Gasteiger partial charge is 0.00667 e. The molecular formula is C31H46. The molecule has 170 valence electrons. The van der Waals surface area contributed by atoms with Gasteiger partial charge in [-0.1, -0.05) is 137 Å². The lowest BCUT2D eigenvalue weighted by molar-refractivity contribution is 0.593. The Morgan fingerprint density at radius 1 is 0.484 bits per heavy atom. The number of hydrogen-bond acceptors (Lipinski definition) is 0. The van der Waals surface area contributed by atoms with E-state index in [-0.39, 0.29) is 5.41 Å². The Kier molecular flexibility index (Phi) is 12.8. The molecule has 0 heterocycles. The average molecular weight is 419 g/mol. The zero-order valence-corrected chi connectivity index (χ0v) is 22.3. The maximum atomic E-state index is 2.32. The molecule has 0 fully saturated rings. The molecule has 0 N–H and O–H groups in total. The van der Waals surface area contributed by atoms with Gasteiger partial charge in [-0.25, -0.2) is 0 Å². The fraction of sp³-hybridized carbons (Fsp3) is 0.419. The van der Waals surface area contributed by atoms with Crippen molar-refractivity contribution in [3.8, 4) is 0 Å². The maximum absolute atomic E-state index is 2.32. The fourth-order valence-electron chi connectivity index (χ4n) is 4.13. The minimum atomic E-state index is 0.120. The molecule has 0 nitrogen and oxygen atoms in total. The first-order valence-corrected chi connectivity index (χ1v) is 12.3. The molecule has 0 aromatic heterocycles. The summed E-state index contributed by atoms with van der Waals surface area (Å²) in [5, 5.41) is 8.21. The first-order chi connectivity index (χ1) is 15.0. The summed E-state index contributed by atoms with van der Waals surface area (Å²) in [5.74, 6) is 0. The highest BCUT2D eigenvalue weighted by Gasteiger charge is 2.22. The van der Waals surface area contributed by atoms with Gasteiger partial charge in [-0.2, -0.15) is 0 Å². The van der Waals surface area contributed by atoms with Crippen molar-refractivity contribution < 1.29 is 0 Å². The van der Waals surface area contributed by atoms with Crippen molar-refractivity contribution in [2.75, 3.05) is 0 Å². The van der Waals surface area contributed by atoms with Crippen LogP contribution in [0.4, 0.5) is 0 Å². The van der Waals surface area contributed by atoms with Crippen LogP contribution >= 0.6 is 0 Å². The molecule has 0 amide bonds. The van der Waals surface area contributed by atoms with E-state index in [0.29, 0.717) is 0 Å². The van der Waals surface area contributed by atoms with E-state index in [4.69, 9.17) is 0 Å². The van der Waals surface area contributed by atoms with E-state index in [1.165, 1.54) is 43.4 Å². The highest BCUT2D eigenvalue weighted by molar-refractivity contribution is 6.19. The number of aryl methyl sites for hydroxylation is 1. The molecule has 0 unspecified atom stereocenters. The summed E-state index contributed by atoms with van der Waals surface area (Å²) in [7, 11) is 0. The first kappa shape index (κ1) is 28.7. The zero-order valence-electron chi connectivity index (χ0n) is 22.3. The van der Waals surface area contributed by atoms with Crippen LogP contribution in [0.5, 0.6) is 0 Å². The molecule has 0 aliphatic rings. The summed E-state index contributed by atoms with van der Waals surface area (Å²) >= 11 is 0. The van der Waals surface area contributed by atoms with E-state index in [9.17, 15) is 0 Å². The third kappa shape index (κ3) is 6.10. The molecule has 0 saturated heterocycles. The van der Waals surface area contributed by atoms with E-state index in [1.54, 1.807) is 0 Å². The SMILES string of the molecule is CC.CC.CC.CC.Cc1c(C(C)(C)C)c2ccccc2c2ccc3ccccc3c12. The van der Waals surface area contributed by atoms with Gasteiger partial charge in [-0.15, -0.1) is 0 Å². The van der Waals surface area contributed by atoms with Crippen molar-refractivity contribution in [3.05, 3.63) is 71.8 Å². The van der Waals surface area contributed by atoms with Crippen molar-refractivity contribution in [2.24, 2.45) is 0 Å². The Balaban J connectivity index is 0.00000102. The molecular weight excluding hydrogens is 372 g/mol. The Bertz CT molecular complexity index is 1050. The van der Waals surface area contributed by atoms with Crippen LogP contribution in [-0.2, 0) is 5.41 Å². The van der Waals surface area contributed by atoms with Gasteiger partial charge in [0.2, 0.25) is 0 Å². The summed E-state index contributed by atoms with van der Waals surface area (Å²) in [6.45, 7) is 25.2. The summed E-state index contributed by atoms with van der Waals surface area (Å²) in [6, 6.07) is 22.1. The van der Waals surface area contributed by atoms with Gasteiger partial charge >= 0.3 is 0 Å². The second-order valence-electron chi connectivity index (χ2n) is 7.50. The van der Waals surface area contributed by atoms with Crippen LogP contribution < -0.4 is 0 Å². The Morgan fingerprint density at radius 2 is 0.935 bits per heavy atom. The molecule has 0 atom stereocenters. The molecule has 0 aliphatic carbocycles. The Morgan fingerprint density at radius 3 is 1.45 bits per heavy atom. The lowest BCUT2D eigenvalue weighted by Gasteiger charge is -2.26. The van der Waals surface area contributed by atoms with Crippen molar-refractivity contribution in [1.29, 1.82) is 0 Å². The van der Waals surface area contributed by atoms with Gasteiger partial charge in [0, 0.05) is 0 Å². The van der Waals surface area contributed by atoms with Gasteiger partial charge in [0.1, 0.15) is 0 Å². The first-order valence-electron chi connectivity index (χ1n) is 12.3. The van der Waals surface area contributed by atoms with Gasteiger partial charge < -0.3 is 0 Å². The van der Waals surface area contributed by atoms with E-state index >= 15 is 0 Å². The van der Waals surface area contributed by atoms with Crippen molar-refractivity contribution in [2.45, 2.75) is 88.5 Å². The molecule has 4 aromatic rings. The summed E-state index contributed by atoms with van der Waals surface area (Å²) < 4.78 is 0. The van der Waals surface area contributed by atoms with Crippen LogP contribution in [0.3, 0.4) is 0 Å². The number of benzene rings is 4. The van der Waals surface area contributed by atoms with Crippen LogP contribution in [0.1, 0.15) is 87.3 Å². The molecule has 31 heavy (non-hydrogen) atoms. The van der Waals surface area contributed by atoms with E-state index in [0.717, 1.165) is 0 Å². The normalized spacial score (nSPS) is 9.94. The van der Waals surface area contributed by atoms with Crippen molar-refractivity contribution in [3.63, 3.8) is 0 Å². The Hall–Kier alpha value is -2.34. The summed E-state index contributed by atoms with van der Waals surface area (Å²) in [4.78, 5) is 0. The van der Waals surface area contributed by atoms with Gasteiger partial charge in [-0.3, -0.25) is 0 Å². The van der Waals surface area contributed by atoms with Gasteiger partial charge in [-0.05, 0) is 55.8 Å². The maximum Gasteiger partial charge on any atom is -0.00667 e. The highest BCUT2D eigenvalue weighted by Crippen LogP contribution is 2.41. The topological polar surface area (TPSA) is 0 Å². The molecule has 4 rings (SSSR count). The highest BCUT2D eigenvalue weighted by atomic mass is 14.3. The van der Waals surface area contributed by atoms with Crippen molar-refractivity contribution >= 4 is 32.3 Å². The second kappa shape index (κ2) is 13.9. The summed E-state index contributed by atoms with van der Waals surface area (Å²) in [5.41, 5.74) is 3.01. The predicted octanol–water partition coefficient (Wildman–Crippen LogP) is 10.9. The standard InChI is InChI=1S/C23H22.4C2H6/c1-15-21-17-10-6-5-9-16(17)13-14-19(21)18-11-7-8-12-20(18)22(15)23(2,3)4;4*1-2/h5-14H,1-4H3;4*1-2H3. The monoisotopic (exact) mass is 418 g/mol. The lowest BCUT2D eigenvalue weighted by Crippen LogP contribution is -2.14. The van der Waals surface area contributed by atoms with E-state index < -0.39 is 0 Å². The molecule has 0 aliphatic heterocycles. The molecule has 0 saturated carbocycles. The second-order valence-corrected chi connectivity index (χ2v) is 7.50. The number of hydrogen-bond donors (Lipinski definition) is 0. The van der Waals surface area contributed by atoms with Gasteiger partial charge in [0.15, 0.2) is 0 Å². The lowest BCUT2D eigenvalue weighted by atomic mass is 9.78. The van der Waals surface area contributed by atoms with Crippen LogP contribution in [0, 0.1) is 6.92 Å². The van der Waals surface area contributed by atoms with Crippen LogP contribution in [0.2, 0.25) is 0 Å². The van der Waals surface area contributed by atoms with Crippen LogP contribution in [0.25, 0.3) is 32.3 Å². The van der Waals surface area contributed by atoms with Crippen molar-refractivity contribution in [1.82, 2.24) is 0 Å². The molecule has 0 radical (unpaired) electrons. The molecule has 0 spiro atoms. The van der Waals surface area contributed by atoms with Crippen LogP contribution in [0.15, 0.2) is 60.7 Å². The third-order valence-corrected chi connectivity index (χ3v) is 4.92. The summed E-state index contributed by atoms with van der Waals surface area (Å²) in [6.07, 6.45) is 0. The van der Waals surface area contributed by atoms with Gasteiger partial charge in [0.05, 0.1) is 0 Å². The molecule has 0 heteroatoms. The molecule has 4 aromatic carbocycles. The fourth-order valence-corrected chi connectivity index (χ4v) is 4.13. The predicted molar refractivity (Wildman–Crippen MR) is 148 cm³/mol. The van der Waals surface area contributed by atoms with E-state index in [1.807, 2.05) is 55.4 Å². The average Bonchev–Trinajstić information content (AvgIpc) is 2.83. The molecule has 0 bridgehead atoms. The minimum Gasteiger partial charge on any atom is -0.0683 e. The Labute approximate surface area is 192 Å². The van der Waals surface area contributed by atoms with E-state index in [2.05, 4.69) is 88.4 Å². The van der Waals surface area contributed by atoms with Crippen LogP contribution in [-0.4, -0.2) is 0 Å². The third-order valence-electron chi connectivity index (χ3n) is 4.92. The number of fused-ring (bicyclic) bond motifs is 5. The quantitative estimate of drug-likeness (QED) is 0.249. The zero-order chi connectivity index (χ0) is 24.2. The largest absolute Gasteiger partial charge is 0.0683 e. The van der Waals surface area contributed by atoms with Gasteiger partial charge in [0.25, 0.3) is 0 Å². The minimum absolute atomic E-state index is 0.120.